The first-order chi connectivity index (χ1) is 8.33. The number of phenolic OH excluding ortho intramolecular Hbond substituents is 1. The molecule has 0 aromatic heterocycles. The molecule has 2 rings (SSSR count). The van der Waals surface area contributed by atoms with Gasteiger partial charge in [-0.1, -0.05) is 62.4 Å². The molecule has 0 aliphatic rings. The molecule has 0 spiro atoms. The maximum atomic E-state index is 8.63. The summed E-state index contributed by atoms with van der Waals surface area (Å²) in [4.78, 5) is 0. The minimum atomic E-state index is 0.140. The quantitative estimate of drug-likeness (QED) is 0.788. The van der Waals surface area contributed by atoms with Crippen LogP contribution in [0.5, 0.6) is 5.75 Å². The van der Waals surface area contributed by atoms with Gasteiger partial charge in [-0.2, -0.15) is 0 Å². The molecule has 0 atom stereocenters. The molecule has 0 radical (unpaired) electrons. The number of aliphatic hydroxyl groups excluding tert-OH is 1. The topological polar surface area (TPSA) is 40.5 Å². The average Bonchev–Trinajstić information content (AvgIpc) is 2.43. The van der Waals surface area contributed by atoms with Crippen molar-refractivity contribution in [3.05, 3.63) is 66.2 Å². The van der Waals surface area contributed by atoms with Crippen molar-refractivity contribution in [1.82, 2.24) is 0 Å². The van der Waals surface area contributed by atoms with E-state index in [4.69, 9.17) is 10.2 Å². The summed E-state index contributed by atoms with van der Waals surface area (Å²) in [5.41, 5.74) is 0.965. The summed E-state index contributed by atoms with van der Waals surface area (Å²) < 4.78 is 0. The first-order valence-corrected chi connectivity index (χ1v) is 5.71. The van der Waals surface area contributed by atoms with E-state index in [1.807, 2.05) is 50.2 Å². The van der Waals surface area contributed by atoms with Crippen LogP contribution in [0.25, 0.3) is 0 Å². The van der Waals surface area contributed by atoms with Gasteiger partial charge < -0.3 is 10.2 Å². The summed E-state index contributed by atoms with van der Waals surface area (Å²) in [7, 11) is 0. The Bertz CT molecular complexity index is 357. The number of aliphatic hydroxyl groups is 1. The minimum absolute atomic E-state index is 0.140. The molecule has 2 heteroatoms. The van der Waals surface area contributed by atoms with E-state index in [-0.39, 0.29) is 6.61 Å². The Hall–Kier alpha value is -1.80. The Kier molecular flexibility index (Phi) is 9.58. The molecule has 0 saturated heterocycles. The molecule has 0 amide bonds. The Morgan fingerprint density at radius 1 is 0.765 bits per heavy atom. The van der Waals surface area contributed by atoms with Gasteiger partial charge in [0.05, 0.1) is 6.61 Å². The van der Waals surface area contributed by atoms with Crippen LogP contribution in [0.15, 0.2) is 60.7 Å². The number of phenols is 1. The van der Waals surface area contributed by atoms with Crippen molar-refractivity contribution in [1.29, 1.82) is 0 Å². The van der Waals surface area contributed by atoms with Crippen molar-refractivity contribution in [3.63, 3.8) is 0 Å². The summed E-state index contributed by atoms with van der Waals surface area (Å²) in [6.07, 6.45) is 0. The molecule has 0 bridgehead atoms. The van der Waals surface area contributed by atoms with E-state index in [0.717, 1.165) is 5.56 Å². The Morgan fingerprint density at radius 3 is 1.41 bits per heavy atom. The number of hydrogen-bond donors (Lipinski definition) is 2. The fourth-order valence-electron chi connectivity index (χ4n) is 1.01. The summed E-state index contributed by atoms with van der Waals surface area (Å²) >= 11 is 0. The van der Waals surface area contributed by atoms with Gasteiger partial charge in [0.25, 0.3) is 0 Å². The Morgan fingerprint density at radius 2 is 1.18 bits per heavy atom. The third-order valence-corrected chi connectivity index (χ3v) is 1.78. The molecule has 17 heavy (non-hydrogen) atoms. The molecule has 0 aliphatic heterocycles. The van der Waals surface area contributed by atoms with Gasteiger partial charge in [0, 0.05) is 0 Å². The highest BCUT2D eigenvalue weighted by Crippen LogP contribution is 2.02. The third kappa shape index (κ3) is 8.05. The van der Waals surface area contributed by atoms with E-state index in [9.17, 15) is 0 Å². The normalized spacial score (nSPS) is 8.18. The second-order valence-electron chi connectivity index (χ2n) is 2.98. The van der Waals surface area contributed by atoms with Gasteiger partial charge in [-0.25, -0.2) is 0 Å². The fourth-order valence-corrected chi connectivity index (χ4v) is 1.01. The average molecular weight is 232 g/mol. The van der Waals surface area contributed by atoms with Gasteiger partial charge in [0.1, 0.15) is 5.75 Å². The lowest BCUT2D eigenvalue weighted by molar-refractivity contribution is 0.282. The van der Waals surface area contributed by atoms with E-state index in [2.05, 4.69) is 0 Å². The number of hydrogen-bond acceptors (Lipinski definition) is 2. The predicted octanol–water partition coefficient (Wildman–Crippen LogP) is 3.60. The highest BCUT2D eigenvalue weighted by atomic mass is 16.3. The first-order valence-electron chi connectivity index (χ1n) is 5.71. The molecule has 0 unspecified atom stereocenters. The van der Waals surface area contributed by atoms with Crippen LogP contribution in [0.2, 0.25) is 0 Å². The molecule has 2 N–H and O–H groups in total. The predicted molar refractivity (Wildman–Crippen MR) is 71.8 cm³/mol. The Labute approximate surface area is 103 Å². The van der Waals surface area contributed by atoms with Crippen LogP contribution in [0.3, 0.4) is 0 Å². The fraction of sp³-hybridized carbons (Fsp3) is 0.200. The number of rotatable bonds is 1. The number of benzene rings is 2. The molecule has 0 heterocycles. The zero-order chi connectivity index (χ0) is 12.9. The molecule has 0 saturated carbocycles. The van der Waals surface area contributed by atoms with Gasteiger partial charge in [0.2, 0.25) is 0 Å². The van der Waals surface area contributed by atoms with Crippen molar-refractivity contribution >= 4 is 0 Å². The third-order valence-electron chi connectivity index (χ3n) is 1.78. The molecule has 0 aliphatic carbocycles. The molecular formula is C15H20O2. The molecular weight excluding hydrogens is 212 g/mol. The summed E-state index contributed by atoms with van der Waals surface area (Å²) in [5, 5.41) is 17.2. The van der Waals surface area contributed by atoms with Crippen LogP contribution in [-0.2, 0) is 6.61 Å². The van der Waals surface area contributed by atoms with Crippen LogP contribution in [0, 0.1) is 0 Å². The van der Waals surface area contributed by atoms with Gasteiger partial charge in [-0.15, -0.1) is 0 Å². The minimum Gasteiger partial charge on any atom is -0.508 e. The largest absolute Gasteiger partial charge is 0.508 e. The van der Waals surface area contributed by atoms with Crippen molar-refractivity contribution in [2.24, 2.45) is 0 Å². The van der Waals surface area contributed by atoms with E-state index < -0.39 is 0 Å². The highest BCUT2D eigenvalue weighted by Gasteiger charge is 1.81. The van der Waals surface area contributed by atoms with Crippen LogP contribution in [0.1, 0.15) is 19.4 Å². The van der Waals surface area contributed by atoms with Crippen molar-refractivity contribution < 1.29 is 10.2 Å². The monoisotopic (exact) mass is 232 g/mol. The lowest BCUT2D eigenvalue weighted by atomic mass is 10.2. The van der Waals surface area contributed by atoms with Crippen molar-refractivity contribution in [2.45, 2.75) is 20.5 Å². The lowest BCUT2D eigenvalue weighted by Crippen LogP contribution is -1.77. The lowest BCUT2D eigenvalue weighted by Gasteiger charge is -1.89. The number of aromatic hydroxyl groups is 1. The van der Waals surface area contributed by atoms with Gasteiger partial charge in [-0.05, 0) is 17.7 Å². The summed E-state index contributed by atoms with van der Waals surface area (Å²) in [6.45, 7) is 4.14. The second-order valence-corrected chi connectivity index (χ2v) is 2.98. The van der Waals surface area contributed by atoms with Crippen molar-refractivity contribution in [3.8, 4) is 5.75 Å². The molecule has 92 valence electrons. The van der Waals surface area contributed by atoms with E-state index in [1.54, 1.807) is 24.3 Å². The van der Waals surface area contributed by atoms with Gasteiger partial charge >= 0.3 is 0 Å². The van der Waals surface area contributed by atoms with Gasteiger partial charge in [-0.3, -0.25) is 0 Å². The molecule has 0 fully saturated rings. The molecule has 2 aromatic carbocycles. The van der Waals surface area contributed by atoms with E-state index in [1.165, 1.54) is 0 Å². The second kappa shape index (κ2) is 10.7. The maximum absolute atomic E-state index is 8.63. The van der Waals surface area contributed by atoms with Gasteiger partial charge in [0.15, 0.2) is 0 Å². The van der Waals surface area contributed by atoms with Crippen LogP contribution in [0.4, 0.5) is 0 Å². The van der Waals surface area contributed by atoms with Crippen molar-refractivity contribution in [2.75, 3.05) is 0 Å². The molecule has 2 aromatic rings. The zero-order valence-corrected chi connectivity index (χ0v) is 10.4. The summed E-state index contributed by atoms with van der Waals surface area (Å²) in [6, 6.07) is 18.2. The van der Waals surface area contributed by atoms with E-state index >= 15 is 0 Å². The van der Waals surface area contributed by atoms with Crippen LogP contribution < -0.4 is 0 Å². The summed E-state index contributed by atoms with van der Waals surface area (Å²) in [5.74, 6) is 0.322. The highest BCUT2D eigenvalue weighted by molar-refractivity contribution is 5.18. The number of para-hydroxylation sites is 1. The SMILES string of the molecule is CC.OCc1ccccc1.Oc1ccccc1. The van der Waals surface area contributed by atoms with Crippen LogP contribution >= 0.6 is 0 Å². The Balaban J connectivity index is 0.000000265. The first kappa shape index (κ1) is 15.2. The van der Waals surface area contributed by atoms with Crippen LogP contribution in [-0.4, -0.2) is 10.2 Å². The van der Waals surface area contributed by atoms with E-state index in [0.29, 0.717) is 5.75 Å². The molecule has 2 nitrogen and oxygen atoms in total. The smallest absolute Gasteiger partial charge is 0.115 e. The maximum Gasteiger partial charge on any atom is 0.115 e. The zero-order valence-electron chi connectivity index (χ0n) is 10.4. The standard InChI is InChI=1S/C7H8O.C6H6O.C2H6/c8-6-7-4-2-1-3-5-7;7-6-4-2-1-3-5-6;1-2/h1-5,8H,6H2;1-5,7H;1-2H3.